The lowest BCUT2D eigenvalue weighted by Crippen LogP contribution is -1.98. The Morgan fingerprint density at radius 3 is 2.21 bits per heavy atom. The minimum absolute atomic E-state index is 0.302. The van der Waals surface area contributed by atoms with E-state index in [1.165, 1.54) is 92.9 Å². The molecule has 2 heterocycles. The Labute approximate surface area is 207 Å². The smallest absolute Gasteiger partial charge is 0.162 e. The van der Waals surface area contributed by atoms with E-state index < -0.39 is 0 Å². The summed E-state index contributed by atoms with van der Waals surface area (Å²) in [6.45, 7) is 6.88. The Morgan fingerprint density at radius 1 is 0.818 bits per heavy atom. The third-order valence-corrected chi connectivity index (χ3v) is 9.59. The zero-order valence-corrected chi connectivity index (χ0v) is 22.2. The second-order valence-corrected chi connectivity index (χ2v) is 11.9. The maximum atomic E-state index is 12.7. The fourth-order valence-electron chi connectivity index (χ4n) is 4.70. The molecular formula is C30H38OS2. The summed E-state index contributed by atoms with van der Waals surface area (Å²) < 4.78 is 5.43. The van der Waals surface area contributed by atoms with E-state index in [1.54, 1.807) is 0 Å². The Kier molecular flexibility index (Phi) is 8.60. The summed E-state index contributed by atoms with van der Waals surface area (Å²) in [6, 6.07) is 13.4. The average molecular weight is 479 g/mol. The van der Waals surface area contributed by atoms with Gasteiger partial charge >= 0.3 is 0 Å². The summed E-state index contributed by atoms with van der Waals surface area (Å²) in [6.07, 6.45) is 13.1. The number of ketones is 1. The lowest BCUT2D eigenvalue weighted by atomic mass is 9.99. The van der Waals surface area contributed by atoms with Crippen LogP contribution >= 0.6 is 22.7 Å². The van der Waals surface area contributed by atoms with Gasteiger partial charge in [0.15, 0.2) is 5.78 Å². The molecule has 2 aromatic carbocycles. The molecule has 2 aromatic heterocycles. The maximum Gasteiger partial charge on any atom is 0.162 e. The Bertz CT molecular complexity index is 1210. The standard InChI is InChI=1S/C30H38OS2/c1-4-6-7-8-9-10-14-26(31)23-16-18-25-28(20-23)33-29-24-17-15-22(13-11-12-21(3)5-2)19-27(24)32-30(25)29/h15-21H,4-14H2,1-3H3/t21-/m0/s1. The minimum Gasteiger partial charge on any atom is -0.294 e. The molecule has 0 unspecified atom stereocenters. The van der Waals surface area contributed by atoms with Crippen LogP contribution in [0.5, 0.6) is 0 Å². The van der Waals surface area contributed by atoms with Crippen LogP contribution in [0, 0.1) is 5.92 Å². The lowest BCUT2D eigenvalue weighted by Gasteiger charge is -2.07. The number of rotatable bonds is 13. The van der Waals surface area contributed by atoms with E-state index in [2.05, 4.69) is 57.2 Å². The van der Waals surface area contributed by atoms with Crippen molar-refractivity contribution in [2.45, 2.75) is 91.4 Å². The normalized spacial score (nSPS) is 12.8. The van der Waals surface area contributed by atoms with Crippen LogP contribution in [-0.4, -0.2) is 5.78 Å². The molecular weight excluding hydrogens is 440 g/mol. The van der Waals surface area contributed by atoms with Gasteiger partial charge in [-0.15, -0.1) is 22.7 Å². The number of Topliss-reactive ketones (excluding diaryl/α,β-unsaturated/α-hetero) is 1. The van der Waals surface area contributed by atoms with Gasteiger partial charge in [0, 0.05) is 32.2 Å². The van der Waals surface area contributed by atoms with Crippen LogP contribution in [0.2, 0.25) is 0 Å². The fraction of sp³-hybridized carbons (Fsp3) is 0.500. The van der Waals surface area contributed by atoms with E-state index in [4.69, 9.17) is 0 Å². The van der Waals surface area contributed by atoms with Gasteiger partial charge in [-0.2, -0.15) is 0 Å². The molecule has 1 nitrogen and oxygen atoms in total. The van der Waals surface area contributed by atoms with Gasteiger partial charge in [-0.1, -0.05) is 90.0 Å². The molecule has 0 bridgehead atoms. The van der Waals surface area contributed by atoms with Crippen LogP contribution in [0.25, 0.3) is 29.6 Å². The highest BCUT2D eigenvalue weighted by Gasteiger charge is 2.15. The van der Waals surface area contributed by atoms with E-state index in [0.717, 1.165) is 17.9 Å². The topological polar surface area (TPSA) is 17.1 Å². The fourth-order valence-corrected chi connectivity index (χ4v) is 7.45. The van der Waals surface area contributed by atoms with Crippen molar-refractivity contribution in [3.8, 4) is 0 Å². The first-order chi connectivity index (χ1) is 16.1. The second kappa shape index (κ2) is 11.6. The summed E-state index contributed by atoms with van der Waals surface area (Å²) in [5.41, 5.74) is 2.35. The van der Waals surface area contributed by atoms with Crippen molar-refractivity contribution in [2.24, 2.45) is 5.92 Å². The Morgan fingerprint density at radius 2 is 1.48 bits per heavy atom. The van der Waals surface area contributed by atoms with Crippen molar-refractivity contribution in [1.82, 2.24) is 0 Å². The summed E-state index contributed by atoms with van der Waals surface area (Å²) in [4.78, 5) is 12.7. The highest BCUT2D eigenvalue weighted by atomic mass is 32.1. The third-order valence-electron chi connectivity index (χ3n) is 7.09. The summed E-state index contributed by atoms with van der Waals surface area (Å²) in [5, 5.41) is 2.69. The molecule has 0 N–H and O–H groups in total. The number of carbonyl (C=O) groups excluding carboxylic acids is 1. The van der Waals surface area contributed by atoms with Gasteiger partial charge in [0.25, 0.3) is 0 Å². The molecule has 176 valence electrons. The van der Waals surface area contributed by atoms with Crippen LogP contribution in [0.15, 0.2) is 36.4 Å². The summed E-state index contributed by atoms with van der Waals surface area (Å²) in [5.74, 6) is 1.13. The molecule has 3 heteroatoms. The van der Waals surface area contributed by atoms with Gasteiger partial charge in [-0.05, 0) is 42.9 Å². The number of aryl methyl sites for hydroxylation is 1. The zero-order valence-electron chi connectivity index (χ0n) is 20.5. The van der Waals surface area contributed by atoms with Gasteiger partial charge in [-0.25, -0.2) is 0 Å². The van der Waals surface area contributed by atoms with Crippen LogP contribution in [-0.2, 0) is 6.42 Å². The number of unbranched alkanes of at least 4 members (excludes halogenated alkanes) is 5. The molecule has 33 heavy (non-hydrogen) atoms. The Hall–Kier alpha value is -1.71. The molecule has 0 aliphatic rings. The first kappa shape index (κ1) is 24.4. The van der Waals surface area contributed by atoms with Gasteiger partial charge in [0.2, 0.25) is 0 Å². The lowest BCUT2D eigenvalue weighted by molar-refractivity contribution is 0.0979. The third kappa shape index (κ3) is 5.87. The highest BCUT2D eigenvalue weighted by Crippen LogP contribution is 2.44. The van der Waals surface area contributed by atoms with Gasteiger partial charge in [-0.3, -0.25) is 4.79 Å². The van der Waals surface area contributed by atoms with Crippen molar-refractivity contribution in [3.05, 3.63) is 47.5 Å². The average Bonchev–Trinajstić information content (AvgIpc) is 3.36. The van der Waals surface area contributed by atoms with Gasteiger partial charge in [0.05, 0.1) is 9.40 Å². The largest absolute Gasteiger partial charge is 0.294 e. The summed E-state index contributed by atoms with van der Waals surface area (Å²) >= 11 is 3.77. The monoisotopic (exact) mass is 478 g/mol. The number of hydrogen-bond donors (Lipinski definition) is 0. The molecule has 0 radical (unpaired) electrons. The number of benzene rings is 2. The van der Waals surface area contributed by atoms with Crippen molar-refractivity contribution >= 4 is 58.0 Å². The molecule has 1 atom stereocenters. The van der Waals surface area contributed by atoms with Crippen molar-refractivity contribution in [3.63, 3.8) is 0 Å². The van der Waals surface area contributed by atoms with E-state index in [0.29, 0.717) is 12.2 Å². The zero-order chi connectivity index (χ0) is 23.2. The number of carbonyl (C=O) groups is 1. The number of hydrogen-bond acceptors (Lipinski definition) is 3. The molecule has 4 rings (SSSR count). The van der Waals surface area contributed by atoms with Crippen LogP contribution in [0.1, 0.15) is 101 Å². The SMILES string of the molecule is CCCCCCCCC(=O)c1ccc2c(c1)sc1c3ccc(CCC[C@@H](C)CC)cc3sc21. The van der Waals surface area contributed by atoms with Crippen molar-refractivity contribution in [2.75, 3.05) is 0 Å². The molecule has 0 fully saturated rings. The van der Waals surface area contributed by atoms with Crippen molar-refractivity contribution < 1.29 is 4.79 Å². The van der Waals surface area contributed by atoms with Crippen LogP contribution in [0.3, 0.4) is 0 Å². The first-order valence-corrected chi connectivity index (χ1v) is 14.6. The summed E-state index contributed by atoms with van der Waals surface area (Å²) in [7, 11) is 0. The molecule has 0 amide bonds. The first-order valence-electron chi connectivity index (χ1n) is 13.0. The number of fused-ring (bicyclic) bond motifs is 5. The molecule has 0 saturated heterocycles. The molecule has 0 spiro atoms. The van der Waals surface area contributed by atoms with Crippen LogP contribution in [0.4, 0.5) is 0 Å². The number of thiophene rings is 2. The molecule has 0 aliphatic heterocycles. The highest BCUT2D eigenvalue weighted by molar-refractivity contribution is 7.36. The van der Waals surface area contributed by atoms with Crippen LogP contribution < -0.4 is 0 Å². The molecule has 4 aromatic rings. The predicted molar refractivity (Wildman–Crippen MR) is 149 cm³/mol. The second-order valence-electron chi connectivity index (χ2n) is 9.75. The van der Waals surface area contributed by atoms with E-state index in [9.17, 15) is 4.79 Å². The van der Waals surface area contributed by atoms with E-state index in [-0.39, 0.29) is 0 Å². The van der Waals surface area contributed by atoms with E-state index in [1.807, 2.05) is 22.7 Å². The Balaban J connectivity index is 1.46. The quantitative estimate of drug-likeness (QED) is 0.138. The minimum atomic E-state index is 0.302. The van der Waals surface area contributed by atoms with E-state index >= 15 is 0 Å². The van der Waals surface area contributed by atoms with Gasteiger partial charge in [0.1, 0.15) is 0 Å². The predicted octanol–water partition coefficient (Wildman–Crippen LogP) is 10.6. The van der Waals surface area contributed by atoms with Gasteiger partial charge < -0.3 is 0 Å². The molecule has 0 saturated carbocycles. The maximum absolute atomic E-state index is 12.7. The van der Waals surface area contributed by atoms with Crippen molar-refractivity contribution in [1.29, 1.82) is 0 Å². The molecule has 0 aliphatic carbocycles.